The van der Waals surface area contributed by atoms with Crippen molar-refractivity contribution in [3.63, 3.8) is 0 Å². The molecule has 3 N–H and O–H groups in total. The molecule has 1 aromatic carbocycles. The van der Waals surface area contributed by atoms with Crippen molar-refractivity contribution in [1.29, 1.82) is 0 Å². The van der Waals surface area contributed by atoms with E-state index in [0.29, 0.717) is 18.5 Å². The Morgan fingerprint density at radius 3 is 2.68 bits per heavy atom. The molecule has 1 amide bonds. The number of anilines is 1. The fourth-order valence-electron chi connectivity index (χ4n) is 2.27. The van der Waals surface area contributed by atoms with E-state index < -0.39 is 17.3 Å². The molecule has 5 heteroatoms. The molecule has 0 aliphatic heterocycles. The summed E-state index contributed by atoms with van der Waals surface area (Å²) in [6, 6.07) is 7.47. The van der Waals surface area contributed by atoms with Crippen molar-refractivity contribution in [2.24, 2.45) is 5.41 Å². The van der Waals surface area contributed by atoms with E-state index in [9.17, 15) is 9.59 Å². The summed E-state index contributed by atoms with van der Waals surface area (Å²) in [5.74, 6) is -1.46. The third-order valence-corrected chi connectivity index (χ3v) is 3.61. The van der Waals surface area contributed by atoms with Gasteiger partial charge in [0.2, 0.25) is 5.91 Å². The number of H-pyrrole nitrogens is 1. The lowest BCUT2D eigenvalue weighted by molar-refractivity contribution is -0.147. The van der Waals surface area contributed by atoms with Crippen molar-refractivity contribution in [3.05, 3.63) is 30.0 Å². The second-order valence-corrected chi connectivity index (χ2v) is 5.10. The second kappa shape index (κ2) is 3.85. The SMILES string of the molecule is Cc1cc2cc(NC(=O)C3(C(=O)O)CC3)ccc2[nH]1. The normalized spacial score (nSPS) is 16.3. The van der Waals surface area contributed by atoms with Gasteiger partial charge in [0.15, 0.2) is 0 Å². The summed E-state index contributed by atoms with van der Waals surface area (Å²) >= 11 is 0. The van der Waals surface area contributed by atoms with E-state index in [1.807, 2.05) is 25.1 Å². The van der Waals surface area contributed by atoms with Gasteiger partial charge in [-0.05, 0) is 44.0 Å². The summed E-state index contributed by atoms with van der Waals surface area (Å²) in [6.07, 6.45) is 0.833. The van der Waals surface area contributed by atoms with Crippen LogP contribution in [0.2, 0.25) is 0 Å². The van der Waals surface area contributed by atoms with E-state index in [4.69, 9.17) is 5.11 Å². The number of nitrogens with one attached hydrogen (secondary N) is 2. The fraction of sp³-hybridized carbons (Fsp3) is 0.286. The van der Waals surface area contributed by atoms with Crippen LogP contribution >= 0.6 is 0 Å². The van der Waals surface area contributed by atoms with Gasteiger partial charge in [0, 0.05) is 22.3 Å². The van der Waals surface area contributed by atoms with Crippen LogP contribution in [0.15, 0.2) is 24.3 Å². The Balaban J connectivity index is 1.85. The molecule has 0 spiro atoms. The maximum absolute atomic E-state index is 12.0. The number of carboxylic acid groups (broad SMARTS) is 1. The number of benzene rings is 1. The summed E-state index contributed by atoms with van der Waals surface area (Å²) in [6.45, 7) is 1.96. The standard InChI is InChI=1S/C14H14N2O3/c1-8-6-9-7-10(2-3-11(9)15-8)16-12(17)14(4-5-14)13(18)19/h2-3,6-7,15H,4-5H2,1H3,(H,16,17)(H,18,19). The summed E-state index contributed by atoms with van der Waals surface area (Å²) < 4.78 is 0. The first-order valence-corrected chi connectivity index (χ1v) is 6.15. The monoisotopic (exact) mass is 258 g/mol. The van der Waals surface area contributed by atoms with Gasteiger partial charge >= 0.3 is 5.97 Å². The van der Waals surface area contributed by atoms with Crippen LogP contribution in [0.3, 0.4) is 0 Å². The number of rotatable bonds is 3. The molecule has 1 aromatic heterocycles. The Hall–Kier alpha value is -2.30. The fourth-order valence-corrected chi connectivity index (χ4v) is 2.27. The Bertz CT molecular complexity index is 683. The van der Waals surface area contributed by atoms with Crippen LogP contribution < -0.4 is 5.32 Å². The highest BCUT2D eigenvalue weighted by molar-refractivity contribution is 6.11. The molecule has 1 heterocycles. The minimum absolute atomic E-state index is 0.416. The van der Waals surface area contributed by atoms with Crippen LogP contribution in [0.5, 0.6) is 0 Å². The largest absolute Gasteiger partial charge is 0.480 e. The van der Waals surface area contributed by atoms with Gasteiger partial charge in [-0.15, -0.1) is 0 Å². The van der Waals surface area contributed by atoms with Gasteiger partial charge in [0.25, 0.3) is 0 Å². The Labute approximate surface area is 109 Å². The zero-order valence-electron chi connectivity index (χ0n) is 10.5. The summed E-state index contributed by atoms with van der Waals surface area (Å²) in [5, 5.41) is 12.8. The van der Waals surface area contributed by atoms with Crippen LogP contribution in [-0.4, -0.2) is 22.0 Å². The van der Waals surface area contributed by atoms with Crippen molar-refractivity contribution in [3.8, 4) is 0 Å². The van der Waals surface area contributed by atoms with E-state index in [1.54, 1.807) is 6.07 Å². The third-order valence-electron chi connectivity index (χ3n) is 3.61. The first-order chi connectivity index (χ1) is 9.01. The van der Waals surface area contributed by atoms with Crippen LogP contribution in [-0.2, 0) is 9.59 Å². The molecule has 98 valence electrons. The van der Waals surface area contributed by atoms with Gasteiger partial charge in [0.05, 0.1) is 0 Å². The van der Waals surface area contributed by atoms with Gasteiger partial charge < -0.3 is 15.4 Å². The zero-order chi connectivity index (χ0) is 13.6. The smallest absolute Gasteiger partial charge is 0.319 e. The molecule has 5 nitrogen and oxygen atoms in total. The average Bonchev–Trinajstić information content (AvgIpc) is 3.07. The number of hydrogen-bond donors (Lipinski definition) is 3. The maximum Gasteiger partial charge on any atom is 0.319 e. The van der Waals surface area contributed by atoms with E-state index in [1.165, 1.54) is 0 Å². The van der Waals surface area contributed by atoms with Crippen LogP contribution in [0.1, 0.15) is 18.5 Å². The lowest BCUT2D eigenvalue weighted by Gasteiger charge is -2.10. The quantitative estimate of drug-likeness (QED) is 0.739. The summed E-state index contributed by atoms with van der Waals surface area (Å²) in [7, 11) is 0. The molecular weight excluding hydrogens is 244 g/mol. The van der Waals surface area contributed by atoms with Gasteiger partial charge in [-0.2, -0.15) is 0 Å². The van der Waals surface area contributed by atoms with Crippen LogP contribution in [0.25, 0.3) is 10.9 Å². The minimum atomic E-state index is -1.21. The minimum Gasteiger partial charge on any atom is -0.480 e. The number of aryl methyl sites for hydroxylation is 1. The molecule has 0 unspecified atom stereocenters. The molecule has 0 atom stereocenters. The van der Waals surface area contributed by atoms with Crippen molar-refractivity contribution < 1.29 is 14.7 Å². The Kier molecular flexibility index (Phi) is 2.38. The van der Waals surface area contributed by atoms with Gasteiger partial charge in [-0.25, -0.2) is 0 Å². The number of hydrogen-bond acceptors (Lipinski definition) is 2. The van der Waals surface area contributed by atoms with Gasteiger partial charge in [-0.1, -0.05) is 0 Å². The molecule has 0 saturated heterocycles. The molecule has 0 bridgehead atoms. The van der Waals surface area contributed by atoms with Crippen molar-refractivity contribution >= 4 is 28.5 Å². The third kappa shape index (κ3) is 1.87. The number of aliphatic carboxylic acids is 1. The van der Waals surface area contributed by atoms with Crippen molar-refractivity contribution in [2.75, 3.05) is 5.32 Å². The highest BCUT2D eigenvalue weighted by Gasteiger charge is 2.57. The number of carbonyl (C=O) groups is 2. The first-order valence-electron chi connectivity index (χ1n) is 6.15. The molecular formula is C14H14N2O3. The molecule has 3 rings (SSSR count). The highest BCUT2D eigenvalue weighted by atomic mass is 16.4. The maximum atomic E-state index is 12.0. The first kappa shape index (κ1) is 11.8. The molecule has 1 aliphatic rings. The average molecular weight is 258 g/mol. The number of carboxylic acids is 1. The van der Waals surface area contributed by atoms with Crippen LogP contribution in [0.4, 0.5) is 5.69 Å². The Morgan fingerprint density at radius 2 is 2.05 bits per heavy atom. The molecule has 1 aliphatic carbocycles. The van der Waals surface area contributed by atoms with Crippen LogP contribution in [0, 0.1) is 12.3 Å². The predicted molar refractivity (Wildman–Crippen MR) is 71.0 cm³/mol. The van der Waals surface area contributed by atoms with Crippen molar-refractivity contribution in [1.82, 2.24) is 4.98 Å². The predicted octanol–water partition coefficient (Wildman–Crippen LogP) is 2.28. The summed E-state index contributed by atoms with van der Waals surface area (Å²) in [5.41, 5.74) is 1.46. The number of carbonyl (C=O) groups excluding carboxylic acids is 1. The van der Waals surface area contributed by atoms with E-state index in [2.05, 4.69) is 10.3 Å². The van der Waals surface area contributed by atoms with Gasteiger partial charge in [-0.3, -0.25) is 9.59 Å². The zero-order valence-corrected chi connectivity index (χ0v) is 10.5. The number of aromatic nitrogens is 1. The molecule has 1 fully saturated rings. The number of aromatic amines is 1. The van der Waals surface area contributed by atoms with E-state index in [0.717, 1.165) is 16.6 Å². The molecule has 2 aromatic rings. The lowest BCUT2D eigenvalue weighted by atomic mass is 10.1. The van der Waals surface area contributed by atoms with E-state index >= 15 is 0 Å². The van der Waals surface area contributed by atoms with Crippen molar-refractivity contribution in [2.45, 2.75) is 19.8 Å². The topological polar surface area (TPSA) is 82.2 Å². The Morgan fingerprint density at radius 1 is 1.32 bits per heavy atom. The highest BCUT2D eigenvalue weighted by Crippen LogP contribution is 2.46. The number of fused-ring (bicyclic) bond motifs is 1. The molecule has 0 radical (unpaired) electrons. The molecule has 19 heavy (non-hydrogen) atoms. The lowest BCUT2D eigenvalue weighted by Crippen LogP contribution is -2.31. The number of amides is 1. The van der Waals surface area contributed by atoms with E-state index in [-0.39, 0.29) is 0 Å². The molecule has 1 saturated carbocycles. The van der Waals surface area contributed by atoms with Gasteiger partial charge in [0.1, 0.15) is 5.41 Å². The second-order valence-electron chi connectivity index (χ2n) is 5.10. The summed E-state index contributed by atoms with van der Waals surface area (Å²) in [4.78, 5) is 26.2.